The molecule has 0 unspecified atom stereocenters. The van der Waals surface area contributed by atoms with Crippen molar-refractivity contribution in [3.8, 4) is 0 Å². The molecule has 0 N–H and O–H groups in total. The Morgan fingerprint density at radius 1 is 1.40 bits per heavy atom. The second kappa shape index (κ2) is 3.53. The van der Waals surface area contributed by atoms with Crippen molar-refractivity contribution in [2.75, 3.05) is 6.54 Å². The summed E-state index contributed by atoms with van der Waals surface area (Å²) in [5.41, 5.74) is 1.17. The molecule has 1 aromatic rings. The molecule has 0 aliphatic carbocycles. The fraction of sp³-hybridized carbons (Fsp3) is 0.300. The van der Waals surface area contributed by atoms with Crippen LogP contribution in [0.3, 0.4) is 0 Å². The van der Waals surface area contributed by atoms with E-state index in [0.717, 1.165) is 4.88 Å². The minimum Gasteiger partial charge on any atom is -0.312 e. The second-order valence-corrected chi connectivity index (χ2v) is 4.29. The Bertz CT molecular complexity index is 414. The average Bonchev–Trinajstić information content (AvgIpc) is 2.63. The molecule has 5 heteroatoms. The van der Waals surface area contributed by atoms with E-state index in [2.05, 4.69) is 0 Å². The number of carbonyl (C=O) groups is 2. The topological polar surface area (TPSA) is 37.4 Å². The van der Waals surface area contributed by atoms with Gasteiger partial charge in [0.15, 0.2) is 0 Å². The van der Waals surface area contributed by atoms with Gasteiger partial charge in [0.05, 0.1) is 11.1 Å². The molecule has 1 aliphatic heterocycles. The Labute approximate surface area is 86.3 Å². The number of rotatable bonds is 2. The van der Waals surface area contributed by atoms with E-state index in [-0.39, 0.29) is 11.8 Å². The Balaban J connectivity index is 0.00000112. The van der Waals surface area contributed by atoms with Gasteiger partial charge >= 0.3 is 0 Å². The molecule has 2 heterocycles. The van der Waals surface area contributed by atoms with Crippen molar-refractivity contribution in [1.82, 2.24) is 4.90 Å². The SMILES string of the molecule is C[CH-]CN1C(=O)c2csc(C)c2C1=O.[Cf]. The van der Waals surface area contributed by atoms with Gasteiger partial charge in [-0.3, -0.25) is 9.59 Å². The van der Waals surface area contributed by atoms with Gasteiger partial charge in [-0.25, -0.2) is 0 Å². The molecule has 15 heavy (non-hydrogen) atoms. The van der Waals surface area contributed by atoms with Crippen molar-refractivity contribution in [3.63, 3.8) is 0 Å². The maximum Gasteiger partial charge on any atom is 0.260 e. The van der Waals surface area contributed by atoms with Gasteiger partial charge in [0.1, 0.15) is 0 Å². The number of carbonyl (C=O) groups excluding carboxylic acids is 2. The molecule has 0 fully saturated rings. The molecular weight excluding hydrogens is 449 g/mol. The van der Waals surface area contributed by atoms with E-state index in [1.165, 1.54) is 16.2 Å². The molecule has 2 rings (SSSR count). The van der Waals surface area contributed by atoms with Crippen LogP contribution in [0.5, 0.6) is 0 Å². The van der Waals surface area contributed by atoms with Crippen LogP contribution in [0.25, 0.3) is 0 Å². The number of aryl methyl sites for hydroxylation is 1. The Hall–Kier alpha value is -2.16. The van der Waals surface area contributed by atoms with Crippen LogP contribution >= 0.6 is 11.3 Å². The second-order valence-electron chi connectivity index (χ2n) is 3.21. The number of amides is 2. The molecule has 3 nitrogen and oxygen atoms in total. The predicted molar refractivity (Wildman–Crippen MR) is 54.4 cm³/mol. The van der Waals surface area contributed by atoms with Gasteiger partial charge in [-0.05, 0) is 6.92 Å². The van der Waals surface area contributed by atoms with Crippen molar-refractivity contribution in [3.05, 3.63) is 27.8 Å². The first-order valence-corrected chi connectivity index (χ1v) is 5.27. The zero-order chi connectivity index (χ0) is 10.3. The Morgan fingerprint density at radius 3 is 2.60 bits per heavy atom. The van der Waals surface area contributed by atoms with Gasteiger partial charge < -0.3 is 11.3 Å². The minimum absolute atomic E-state index is 0. The number of thiophene rings is 1. The zero-order valence-electron chi connectivity index (χ0n) is 8.35. The molecule has 0 bridgehead atoms. The molecule has 0 atom stereocenters. The van der Waals surface area contributed by atoms with Gasteiger partial charge in [0.25, 0.3) is 11.8 Å². The van der Waals surface area contributed by atoms with E-state index >= 15 is 0 Å². The third-order valence-electron chi connectivity index (χ3n) is 2.27. The van der Waals surface area contributed by atoms with Crippen LogP contribution in [0.15, 0.2) is 5.38 Å². The molecule has 84 valence electrons. The molecule has 0 saturated heterocycles. The van der Waals surface area contributed by atoms with Gasteiger partial charge in [0, 0.05) is 10.3 Å². The number of fused-ring (bicyclic) bond motifs is 1. The number of nitrogens with zero attached hydrogens (tertiary/aromatic N) is 1. The number of imide groups is 1. The summed E-state index contributed by atoms with van der Waals surface area (Å²) >= 11 is 1.46. The minimum atomic E-state index is -0.160. The van der Waals surface area contributed by atoms with Crippen LogP contribution in [0, 0.1) is 13.3 Å². The zero-order valence-corrected chi connectivity index (χ0v) is 11.8. The van der Waals surface area contributed by atoms with Crippen LogP contribution < -0.4 is 0 Å². The van der Waals surface area contributed by atoms with Crippen molar-refractivity contribution >= 4 is 23.2 Å². The Kier molecular flexibility index (Phi) is 2.57. The molecular formula is C10H10CfNO2S-. The molecule has 1 aromatic heterocycles. The molecule has 0 spiro atoms. The molecule has 1 aliphatic rings. The van der Waals surface area contributed by atoms with Crippen LogP contribution in [0.1, 0.15) is 32.5 Å². The van der Waals surface area contributed by atoms with Crippen LogP contribution in [0.2, 0.25) is 0 Å². The first-order chi connectivity index (χ1) is 6.66. The van der Waals surface area contributed by atoms with Gasteiger partial charge in [-0.1, -0.05) is 6.54 Å². The largest absolute Gasteiger partial charge is 0.312 e. The van der Waals surface area contributed by atoms with E-state index in [0.29, 0.717) is 17.7 Å². The predicted octanol–water partition coefficient (Wildman–Crippen LogP) is 1.88. The summed E-state index contributed by atoms with van der Waals surface area (Å²) in [5.74, 6) is -0.311. The van der Waals surface area contributed by atoms with E-state index in [1.54, 1.807) is 11.8 Å². The normalized spacial score (nSPS) is 14.1. The van der Waals surface area contributed by atoms with Gasteiger partial charge in [-0.15, -0.1) is 11.3 Å². The van der Waals surface area contributed by atoms with Crippen LogP contribution in [0.4, 0.5) is 0 Å². The summed E-state index contributed by atoms with van der Waals surface area (Å²) < 4.78 is 0. The average molecular weight is 459 g/mol. The summed E-state index contributed by atoms with van der Waals surface area (Å²) in [6.07, 6.45) is 1.81. The summed E-state index contributed by atoms with van der Waals surface area (Å²) in [6.45, 7) is 4.10. The molecule has 0 aromatic carbocycles. The Morgan fingerprint density at radius 2 is 2.07 bits per heavy atom. The summed E-state index contributed by atoms with van der Waals surface area (Å²) in [4.78, 5) is 25.7. The van der Waals surface area contributed by atoms with E-state index < -0.39 is 0 Å². The fourth-order valence-corrected chi connectivity index (χ4v) is 2.43. The van der Waals surface area contributed by atoms with Crippen molar-refractivity contribution < 1.29 is 9.59 Å². The van der Waals surface area contributed by atoms with Crippen LogP contribution in [-0.2, 0) is 0 Å². The van der Waals surface area contributed by atoms with Crippen molar-refractivity contribution in [1.29, 1.82) is 0 Å². The summed E-state index contributed by atoms with van der Waals surface area (Å²) in [5, 5.41) is 1.76. The van der Waals surface area contributed by atoms with E-state index in [4.69, 9.17) is 0 Å². The van der Waals surface area contributed by atoms with E-state index in [9.17, 15) is 9.59 Å². The molecule has 2 amide bonds. The third kappa shape index (κ3) is 1.29. The quantitative estimate of drug-likeness (QED) is 0.501. The first kappa shape index (κ1) is 10.9. The van der Waals surface area contributed by atoms with E-state index in [1.807, 2.05) is 13.8 Å². The van der Waals surface area contributed by atoms with Gasteiger partial charge in [0.2, 0.25) is 0 Å². The first-order valence-electron chi connectivity index (χ1n) is 4.39. The molecule has 0 saturated carbocycles. The van der Waals surface area contributed by atoms with Gasteiger partial charge in [-0.2, -0.15) is 6.92 Å². The summed E-state index contributed by atoms with van der Waals surface area (Å²) in [7, 11) is 0. The fourth-order valence-electron chi connectivity index (χ4n) is 1.60. The number of hydrogen-bond acceptors (Lipinski definition) is 3. The van der Waals surface area contributed by atoms with Crippen molar-refractivity contribution in [2.24, 2.45) is 0 Å². The monoisotopic (exact) mass is 457 g/mol. The third-order valence-corrected chi connectivity index (χ3v) is 3.19. The van der Waals surface area contributed by atoms with Crippen LogP contribution in [-0.4, -0.2) is 23.3 Å². The maximum absolute atomic E-state index is 11.8. The molecule has 0 radical (unpaired) electrons. The standard InChI is InChI=1S/C10H10NO2S.Cf/c1-3-4-11-9(12)7-5-14-6(2)8(7)10(11)13;/h3,5H,4H2,1-2H3;/q-1;. The maximum atomic E-state index is 11.8. The number of hydrogen-bond donors (Lipinski definition) is 0. The summed E-state index contributed by atoms with van der Waals surface area (Å²) in [6, 6.07) is 0. The smallest absolute Gasteiger partial charge is 0.260 e. The van der Waals surface area contributed by atoms with Crippen molar-refractivity contribution in [2.45, 2.75) is 13.8 Å².